The third-order valence-corrected chi connectivity index (χ3v) is 4.57. The average molecular weight is 390 g/mol. The molecule has 0 aliphatic carbocycles. The molecule has 1 heterocycles. The lowest BCUT2D eigenvalue weighted by molar-refractivity contribution is -0.132. The maximum Gasteiger partial charge on any atom is 0.325 e. The summed E-state index contributed by atoms with van der Waals surface area (Å²) in [5.41, 5.74) is -1.06. The quantitative estimate of drug-likeness (QED) is 0.743. The van der Waals surface area contributed by atoms with E-state index in [1.165, 1.54) is 6.92 Å². The number of benzene rings is 2. The number of aliphatic hydroxyl groups is 1. The number of aliphatic hydroxyl groups excluding tert-OH is 1. The number of rotatable bonds is 6. The van der Waals surface area contributed by atoms with Crippen molar-refractivity contribution in [1.29, 1.82) is 0 Å². The minimum absolute atomic E-state index is 0.147. The molecule has 6 nitrogen and oxygen atoms in total. The molecule has 148 valence electrons. The van der Waals surface area contributed by atoms with Crippen molar-refractivity contribution in [2.45, 2.75) is 25.5 Å². The highest BCUT2D eigenvalue weighted by atomic mass is 19.1. The Morgan fingerprint density at radius 2 is 1.96 bits per heavy atom. The van der Waals surface area contributed by atoms with Crippen LogP contribution >= 0.6 is 0 Å². The molecule has 0 aromatic heterocycles. The number of nitrogens with zero attached hydrogens (tertiary/aromatic N) is 1. The number of amides is 3. The first-order chi connectivity index (χ1) is 13.2. The van der Waals surface area contributed by atoms with E-state index in [9.17, 15) is 23.5 Å². The van der Waals surface area contributed by atoms with Gasteiger partial charge in [-0.05, 0) is 49.7 Å². The molecule has 0 spiro atoms. The summed E-state index contributed by atoms with van der Waals surface area (Å²) in [7, 11) is 0. The van der Waals surface area contributed by atoms with Crippen LogP contribution in [0.5, 0.6) is 5.75 Å². The minimum Gasteiger partial charge on any atom is -0.491 e. The highest BCUT2D eigenvalue weighted by Gasteiger charge is 2.50. The number of halogens is 2. The fraction of sp³-hybridized carbons (Fsp3) is 0.300. The number of urea groups is 1. The number of imide groups is 1. The summed E-state index contributed by atoms with van der Waals surface area (Å²) < 4.78 is 33.1. The number of carbonyl (C=O) groups is 2. The number of hydrogen-bond acceptors (Lipinski definition) is 4. The predicted octanol–water partition coefficient (Wildman–Crippen LogP) is 2.48. The van der Waals surface area contributed by atoms with Crippen LogP contribution in [0.4, 0.5) is 13.6 Å². The van der Waals surface area contributed by atoms with Crippen molar-refractivity contribution in [2.75, 3.05) is 13.2 Å². The molecule has 2 aromatic carbocycles. The van der Waals surface area contributed by atoms with Gasteiger partial charge in [-0.15, -0.1) is 0 Å². The van der Waals surface area contributed by atoms with Crippen molar-refractivity contribution in [1.82, 2.24) is 10.2 Å². The molecule has 1 fully saturated rings. The normalized spacial score (nSPS) is 20.2. The zero-order valence-electron chi connectivity index (χ0n) is 15.4. The summed E-state index contributed by atoms with van der Waals surface area (Å²) in [5, 5.41) is 12.6. The van der Waals surface area contributed by atoms with Crippen molar-refractivity contribution >= 4 is 11.9 Å². The third kappa shape index (κ3) is 3.82. The Hall–Kier alpha value is -3.00. The molecule has 8 heteroatoms. The van der Waals surface area contributed by atoms with Gasteiger partial charge in [0.1, 0.15) is 35.6 Å². The van der Waals surface area contributed by atoms with Crippen LogP contribution in [0.2, 0.25) is 0 Å². The van der Waals surface area contributed by atoms with Crippen LogP contribution in [0, 0.1) is 18.6 Å². The van der Waals surface area contributed by atoms with Crippen LogP contribution in [-0.2, 0) is 10.3 Å². The number of aryl methyl sites for hydroxylation is 1. The fourth-order valence-electron chi connectivity index (χ4n) is 3.09. The second-order valence-corrected chi connectivity index (χ2v) is 6.88. The van der Waals surface area contributed by atoms with Crippen molar-refractivity contribution in [2.24, 2.45) is 0 Å². The molecule has 0 unspecified atom stereocenters. The van der Waals surface area contributed by atoms with Crippen LogP contribution in [0.1, 0.15) is 18.1 Å². The lowest BCUT2D eigenvalue weighted by atomic mass is 9.91. The Labute approximate surface area is 160 Å². The maximum atomic E-state index is 14.1. The zero-order chi connectivity index (χ0) is 20.5. The average Bonchev–Trinajstić information content (AvgIpc) is 2.86. The lowest BCUT2D eigenvalue weighted by Gasteiger charge is -2.23. The van der Waals surface area contributed by atoms with Gasteiger partial charge in [-0.2, -0.15) is 0 Å². The molecule has 3 rings (SSSR count). The topological polar surface area (TPSA) is 78.9 Å². The number of nitrogens with one attached hydrogen (secondary N) is 1. The molecule has 2 atom stereocenters. The monoisotopic (exact) mass is 390 g/mol. The van der Waals surface area contributed by atoms with Crippen molar-refractivity contribution in [3.63, 3.8) is 0 Å². The highest BCUT2D eigenvalue weighted by molar-refractivity contribution is 6.07. The van der Waals surface area contributed by atoms with E-state index in [0.29, 0.717) is 5.75 Å². The number of carbonyl (C=O) groups excluding carboxylic acids is 2. The summed E-state index contributed by atoms with van der Waals surface area (Å²) in [5.74, 6) is -1.79. The lowest BCUT2D eigenvalue weighted by Crippen LogP contribution is -2.43. The SMILES string of the molecule is Cc1cccc(OC[C@H](O)CN2C(=O)N[C@@](C)(c3cc(F)ccc3F)C2=O)c1. The van der Waals surface area contributed by atoms with Gasteiger partial charge < -0.3 is 15.2 Å². The summed E-state index contributed by atoms with van der Waals surface area (Å²) in [6, 6.07) is 9.08. The van der Waals surface area contributed by atoms with E-state index in [1.54, 1.807) is 18.2 Å². The zero-order valence-corrected chi connectivity index (χ0v) is 15.4. The van der Waals surface area contributed by atoms with Crippen molar-refractivity contribution in [3.05, 3.63) is 65.2 Å². The Kier molecular flexibility index (Phi) is 5.33. The van der Waals surface area contributed by atoms with Gasteiger partial charge in [-0.25, -0.2) is 13.6 Å². The molecule has 2 aromatic rings. The Morgan fingerprint density at radius 3 is 2.68 bits per heavy atom. The van der Waals surface area contributed by atoms with Crippen LogP contribution < -0.4 is 10.1 Å². The molecule has 28 heavy (non-hydrogen) atoms. The van der Waals surface area contributed by atoms with Gasteiger partial charge in [0.05, 0.1) is 6.54 Å². The van der Waals surface area contributed by atoms with E-state index in [1.807, 2.05) is 13.0 Å². The summed E-state index contributed by atoms with van der Waals surface area (Å²) in [4.78, 5) is 25.8. The largest absolute Gasteiger partial charge is 0.491 e. The maximum absolute atomic E-state index is 14.1. The van der Waals surface area contributed by atoms with Crippen LogP contribution in [-0.4, -0.2) is 41.2 Å². The van der Waals surface area contributed by atoms with E-state index >= 15 is 0 Å². The molecule has 0 radical (unpaired) electrons. The Morgan fingerprint density at radius 1 is 1.21 bits per heavy atom. The Bertz CT molecular complexity index is 921. The van der Waals surface area contributed by atoms with Crippen molar-refractivity contribution < 1.29 is 28.2 Å². The van der Waals surface area contributed by atoms with E-state index in [-0.39, 0.29) is 18.7 Å². The summed E-state index contributed by atoms with van der Waals surface area (Å²) in [6.45, 7) is 2.69. The third-order valence-electron chi connectivity index (χ3n) is 4.57. The molecule has 1 aliphatic rings. The van der Waals surface area contributed by atoms with Gasteiger partial charge in [0.15, 0.2) is 0 Å². The van der Waals surface area contributed by atoms with Gasteiger partial charge in [0.25, 0.3) is 5.91 Å². The minimum atomic E-state index is -1.76. The number of β-amino-alcohol motifs (C(OH)–C–C–N with tert-alkyl or cyclic N) is 1. The second-order valence-electron chi connectivity index (χ2n) is 6.88. The van der Waals surface area contributed by atoms with Gasteiger partial charge in [0.2, 0.25) is 0 Å². The first kappa shape index (κ1) is 19.8. The first-order valence-electron chi connectivity index (χ1n) is 8.68. The van der Waals surface area contributed by atoms with Gasteiger partial charge >= 0.3 is 6.03 Å². The van der Waals surface area contributed by atoms with E-state index in [4.69, 9.17) is 4.74 Å². The molecule has 1 saturated heterocycles. The number of ether oxygens (including phenoxy) is 1. The summed E-state index contributed by atoms with van der Waals surface area (Å²) >= 11 is 0. The molecule has 0 bridgehead atoms. The van der Waals surface area contributed by atoms with Gasteiger partial charge in [-0.1, -0.05) is 12.1 Å². The van der Waals surface area contributed by atoms with E-state index < -0.39 is 35.2 Å². The van der Waals surface area contributed by atoms with Crippen LogP contribution in [0.15, 0.2) is 42.5 Å². The Balaban J connectivity index is 1.70. The standard InChI is InChI=1S/C20H20F2N2O4/c1-12-4-3-5-15(8-12)28-11-14(25)10-24-18(26)20(2,23-19(24)27)16-9-13(21)6-7-17(16)22/h3-9,14,25H,10-11H2,1-2H3,(H,23,27)/t14-,20+/m1/s1. The molecular formula is C20H20F2N2O4. The molecular weight excluding hydrogens is 370 g/mol. The van der Waals surface area contributed by atoms with E-state index in [0.717, 1.165) is 28.7 Å². The van der Waals surface area contributed by atoms with Crippen LogP contribution in [0.25, 0.3) is 0 Å². The fourth-order valence-corrected chi connectivity index (χ4v) is 3.09. The molecule has 3 amide bonds. The second kappa shape index (κ2) is 7.55. The molecule has 1 aliphatic heterocycles. The number of hydrogen-bond donors (Lipinski definition) is 2. The van der Waals surface area contributed by atoms with Crippen molar-refractivity contribution in [3.8, 4) is 5.75 Å². The summed E-state index contributed by atoms with van der Waals surface area (Å²) in [6.07, 6.45) is -1.16. The highest BCUT2D eigenvalue weighted by Crippen LogP contribution is 2.31. The first-order valence-corrected chi connectivity index (χ1v) is 8.68. The molecule has 2 N–H and O–H groups in total. The smallest absolute Gasteiger partial charge is 0.325 e. The predicted molar refractivity (Wildman–Crippen MR) is 96.6 cm³/mol. The molecule has 0 saturated carbocycles. The van der Waals surface area contributed by atoms with Gasteiger partial charge in [0, 0.05) is 5.56 Å². The van der Waals surface area contributed by atoms with Crippen LogP contribution in [0.3, 0.4) is 0 Å². The van der Waals surface area contributed by atoms with Gasteiger partial charge in [-0.3, -0.25) is 9.69 Å². The van der Waals surface area contributed by atoms with E-state index in [2.05, 4.69) is 5.32 Å².